The Bertz CT molecular complexity index is 364. The Hall–Kier alpha value is -1.65. The van der Waals surface area contributed by atoms with Gasteiger partial charge in [0.25, 0.3) is 5.91 Å². The number of nitrogens with zero attached hydrogens (tertiary/aromatic N) is 3. The Morgan fingerprint density at radius 1 is 1.28 bits per heavy atom. The molecule has 0 atom stereocenters. The zero-order chi connectivity index (χ0) is 13.4. The monoisotopic (exact) mass is 250 g/mol. The van der Waals surface area contributed by atoms with Crippen LogP contribution in [0.1, 0.15) is 43.6 Å². The number of amides is 1. The fourth-order valence-corrected chi connectivity index (χ4v) is 1.61. The molecule has 1 N–H and O–H groups in total. The van der Waals surface area contributed by atoms with Gasteiger partial charge in [-0.2, -0.15) is 0 Å². The minimum atomic E-state index is -0.0679. The Balaban J connectivity index is 2.54. The third kappa shape index (κ3) is 4.31. The highest BCUT2D eigenvalue weighted by Gasteiger charge is 2.12. The summed E-state index contributed by atoms with van der Waals surface area (Å²) in [5.41, 5.74) is 0.399. The lowest BCUT2D eigenvalue weighted by atomic mass is 10.2. The lowest BCUT2D eigenvalue weighted by Gasteiger charge is -2.16. The number of hydrogen-bond donors (Lipinski definition) is 1. The van der Waals surface area contributed by atoms with Crippen molar-refractivity contribution in [2.75, 3.05) is 25.5 Å². The molecule has 1 aromatic rings. The summed E-state index contributed by atoms with van der Waals surface area (Å²) in [4.78, 5) is 22.0. The molecule has 0 aromatic carbocycles. The largest absolute Gasteiger partial charge is 0.369 e. The highest BCUT2D eigenvalue weighted by molar-refractivity contribution is 5.91. The van der Waals surface area contributed by atoms with Crippen molar-refractivity contribution in [1.82, 2.24) is 14.9 Å². The van der Waals surface area contributed by atoms with E-state index < -0.39 is 0 Å². The van der Waals surface area contributed by atoms with Gasteiger partial charge in [0, 0.05) is 20.1 Å². The van der Waals surface area contributed by atoms with Crippen molar-refractivity contribution < 1.29 is 4.79 Å². The maximum Gasteiger partial charge on any atom is 0.273 e. The maximum atomic E-state index is 12.0. The normalized spacial score (nSPS) is 10.2. The van der Waals surface area contributed by atoms with E-state index in [0.29, 0.717) is 11.5 Å². The third-order valence-corrected chi connectivity index (χ3v) is 2.67. The Morgan fingerprint density at radius 3 is 2.61 bits per heavy atom. The first-order valence-corrected chi connectivity index (χ1v) is 6.50. The molecule has 18 heavy (non-hydrogen) atoms. The fourth-order valence-electron chi connectivity index (χ4n) is 1.61. The predicted octanol–water partition coefficient (Wildman–Crippen LogP) is 2.17. The molecular weight excluding hydrogens is 228 g/mol. The molecule has 0 fully saturated rings. The van der Waals surface area contributed by atoms with Gasteiger partial charge in [-0.1, -0.05) is 19.8 Å². The first-order chi connectivity index (χ1) is 8.69. The van der Waals surface area contributed by atoms with Crippen LogP contribution < -0.4 is 5.32 Å². The zero-order valence-electron chi connectivity index (χ0n) is 11.4. The first kappa shape index (κ1) is 14.4. The molecule has 5 heteroatoms. The van der Waals surface area contributed by atoms with Crippen LogP contribution >= 0.6 is 0 Å². The molecule has 0 bridgehead atoms. The van der Waals surface area contributed by atoms with E-state index in [2.05, 4.69) is 22.2 Å². The Labute approximate surface area is 109 Å². The van der Waals surface area contributed by atoms with Crippen molar-refractivity contribution in [2.24, 2.45) is 0 Å². The predicted molar refractivity (Wildman–Crippen MR) is 72.7 cm³/mol. The lowest BCUT2D eigenvalue weighted by Crippen LogP contribution is -2.28. The van der Waals surface area contributed by atoms with Gasteiger partial charge in [0.2, 0.25) is 0 Å². The third-order valence-electron chi connectivity index (χ3n) is 2.67. The molecule has 1 heterocycles. The van der Waals surface area contributed by atoms with Crippen LogP contribution in [0.25, 0.3) is 0 Å². The average molecular weight is 250 g/mol. The van der Waals surface area contributed by atoms with Crippen molar-refractivity contribution in [1.29, 1.82) is 0 Å². The second-order valence-electron chi connectivity index (χ2n) is 4.25. The van der Waals surface area contributed by atoms with Gasteiger partial charge in [0.15, 0.2) is 0 Å². The van der Waals surface area contributed by atoms with Crippen LogP contribution in [0.2, 0.25) is 0 Å². The standard InChI is InChI=1S/C13H22N4O/c1-4-6-7-8-17(3)13(18)11-9-16-12(10-15-11)14-5-2/h9-10H,4-8H2,1-3H3,(H,14,16). The van der Waals surface area contributed by atoms with E-state index in [0.717, 1.165) is 32.4 Å². The van der Waals surface area contributed by atoms with Crippen LogP contribution in [0, 0.1) is 0 Å². The zero-order valence-corrected chi connectivity index (χ0v) is 11.4. The van der Waals surface area contributed by atoms with Crippen LogP contribution in [-0.4, -0.2) is 40.9 Å². The molecule has 5 nitrogen and oxygen atoms in total. The summed E-state index contributed by atoms with van der Waals surface area (Å²) in [5, 5.41) is 3.05. The van der Waals surface area contributed by atoms with Gasteiger partial charge in [-0.15, -0.1) is 0 Å². The van der Waals surface area contributed by atoms with E-state index in [1.807, 2.05) is 6.92 Å². The van der Waals surface area contributed by atoms with E-state index in [4.69, 9.17) is 0 Å². The van der Waals surface area contributed by atoms with Crippen molar-refractivity contribution in [3.8, 4) is 0 Å². The summed E-state index contributed by atoms with van der Waals surface area (Å²) in [6, 6.07) is 0. The van der Waals surface area contributed by atoms with Gasteiger partial charge in [0.1, 0.15) is 11.5 Å². The Kier molecular flexibility index (Phi) is 6.11. The van der Waals surface area contributed by atoms with Gasteiger partial charge < -0.3 is 10.2 Å². The quantitative estimate of drug-likeness (QED) is 0.753. The molecule has 1 aromatic heterocycles. The van der Waals surface area contributed by atoms with Gasteiger partial charge in [-0.05, 0) is 13.3 Å². The number of nitrogens with one attached hydrogen (secondary N) is 1. The van der Waals surface area contributed by atoms with Crippen LogP contribution in [0.3, 0.4) is 0 Å². The molecule has 0 aliphatic carbocycles. The van der Waals surface area contributed by atoms with E-state index in [1.165, 1.54) is 6.20 Å². The summed E-state index contributed by atoms with van der Waals surface area (Å²) in [6.07, 6.45) is 6.44. The number of carbonyl (C=O) groups is 1. The van der Waals surface area contributed by atoms with Crippen LogP contribution in [0.15, 0.2) is 12.4 Å². The van der Waals surface area contributed by atoms with Gasteiger partial charge in [0.05, 0.1) is 12.4 Å². The molecule has 0 radical (unpaired) electrons. The van der Waals surface area contributed by atoms with E-state index >= 15 is 0 Å². The minimum Gasteiger partial charge on any atom is -0.369 e. The van der Waals surface area contributed by atoms with Crippen LogP contribution in [0.5, 0.6) is 0 Å². The molecule has 0 spiro atoms. The molecule has 0 aliphatic heterocycles. The molecule has 100 valence electrons. The summed E-state index contributed by atoms with van der Waals surface area (Å²) < 4.78 is 0. The van der Waals surface area contributed by atoms with Crippen molar-refractivity contribution in [3.05, 3.63) is 18.1 Å². The van der Waals surface area contributed by atoms with E-state index in [9.17, 15) is 4.79 Å². The van der Waals surface area contributed by atoms with Crippen LogP contribution in [0.4, 0.5) is 5.82 Å². The minimum absolute atomic E-state index is 0.0679. The summed E-state index contributed by atoms with van der Waals surface area (Å²) in [7, 11) is 1.80. The second kappa shape index (κ2) is 7.63. The smallest absolute Gasteiger partial charge is 0.273 e. The van der Waals surface area contributed by atoms with Gasteiger partial charge in [-0.25, -0.2) is 9.97 Å². The topological polar surface area (TPSA) is 58.1 Å². The number of carbonyl (C=O) groups excluding carboxylic acids is 1. The molecule has 0 unspecified atom stereocenters. The molecule has 0 aliphatic rings. The Morgan fingerprint density at radius 2 is 2.06 bits per heavy atom. The van der Waals surface area contributed by atoms with Crippen molar-refractivity contribution >= 4 is 11.7 Å². The molecule has 1 rings (SSSR count). The number of aromatic nitrogens is 2. The highest BCUT2D eigenvalue weighted by Crippen LogP contribution is 2.04. The average Bonchev–Trinajstić information content (AvgIpc) is 2.39. The van der Waals surface area contributed by atoms with Crippen LogP contribution in [-0.2, 0) is 0 Å². The van der Waals surface area contributed by atoms with Crippen molar-refractivity contribution in [2.45, 2.75) is 33.1 Å². The van der Waals surface area contributed by atoms with Gasteiger partial charge >= 0.3 is 0 Å². The molecule has 0 saturated heterocycles. The van der Waals surface area contributed by atoms with Crippen molar-refractivity contribution in [3.63, 3.8) is 0 Å². The number of unbranched alkanes of at least 4 members (excludes halogenated alkanes) is 2. The molecular formula is C13H22N4O. The second-order valence-corrected chi connectivity index (χ2v) is 4.25. The summed E-state index contributed by atoms with van der Waals surface area (Å²) >= 11 is 0. The maximum absolute atomic E-state index is 12.0. The summed E-state index contributed by atoms with van der Waals surface area (Å²) in [6.45, 7) is 5.69. The lowest BCUT2D eigenvalue weighted by molar-refractivity contribution is 0.0786. The highest BCUT2D eigenvalue weighted by atomic mass is 16.2. The molecule has 0 saturated carbocycles. The molecule has 1 amide bonds. The summed E-state index contributed by atoms with van der Waals surface area (Å²) in [5.74, 6) is 0.629. The fraction of sp³-hybridized carbons (Fsp3) is 0.615. The first-order valence-electron chi connectivity index (χ1n) is 6.50. The number of hydrogen-bond acceptors (Lipinski definition) is 4. The van der Waals surface area contributed by atoms with E-state index in [-0.39, 0.29) is 5.91 Å². The van der Waals surface area contributed by atoms with Gasteiger partial charge in [-0.3, -0.25) is 4.79 Å². The number of anilines is 1. The number of rotatable bonds is 7. The van der Waals surface area contributed by atoms with E-state index in [1.54, 1.807) is 18.1 Å². The SMILES string of the molecule is CCCCCN(C)C(=O)c1cnc(NCC)cn1.